The van der Waals surface area contributed by atoms with Crippen molar-refractivity contribution in [2.45, 2.75) is 13.5 Å². The zero-order valence-electron chi connectivity index (χ0n) is 16.8. The Morgan fingerprint density at radius 3 is 2.03 bits per heavy atom. The molecule has 0 saturated carbocycles. The molecule has 1 N–H and O–H groups in total. The van der Waals surface area contributed by atoms with Crippen molar-refractivity contribution in [1.29, 1.82) is 0 Å². The van der Waals surface area contributed by atoms with Gasteiger partial charge in [-0.15, -0.1) is 0 Å². The highest BCUT2D eigenvalue weighted by Gasteiger charge is 2.12. The Hall–Kier alpha value is -3.61. The second kappa shape index (κ2) is 9.05. The van der Waals surface area contributed by atoms with E-state index in [1.165, 1.54) is 0 Å². The van der Waals surface area contributed by atoms with Crippen LogP contribution in [0, 0.1) is 6.92 Å². The summed E-state index contributed by atoms with van der Waals surface area (Å²) in [5.74, 6) is 2.05. The summed E-state index contributed by atoms with van der Waals surface area (Å²) < 4.78 is 25.9. The lowest BCUT2D eigenvalue weighted by molar-refractivity contribution is 0.324. The maximum atomic E-state index is 11.1. The first-order valence-electron chi connectivity index (χ1n) is 8.95. The van der Waals surface area contributed by atoms with Crippen LogP contribution in [-0.2, 0) is 6.54 Å². The predicted octanol–water partition coefficient (Wildman–Crippen LogP) is 4.35. The van der Waals surface area contributed by atoms with Gasteiger partial charge >= 0.3 is 5.82 Å². The highest BCUT2D eigenvalue weighted by molar-refractivity contribution is 5.73. The van der Waals surface area contributed by atoms with Gasteiger partial charge in [-0.25, -0.2) is 4.79 Å². The maximum absolute atomic E-state index is 11.1. The van der Waals surface area contributed by atoms with Crippen molar-refractivity contribution in [2.75, 3.05) is 26.6 Å². The van der Waals surface area contributed by atoms with Gasteiger partial charge in [0.1, 0.15) is 5.76 Å². The average molecular weight is 397 g/mol. The molecule has 0 bridgehead atoms. The summed E-state index contributed by atoms with van der Waals surface area (Å²) in [5, 5.41) is 3.20. The molecule has 29 heavy (non-hydrogen) atoms. The SMILES string of the molecule is COc1cc(/C=C/c2ccc(NCc3oc(=O)oc3C)cc2)cc(OC)c1OC. The van der Waals surface area contributed by atoms with Crippen LogP contribution in [0.1, 0.15) is 22.6 Å². The molecule has 152 valence electrons. The van der Waals surface area contributed by atoms with Gasteiger partial charge in [0.2, 0.25) is 5.75 Å². The number of benzene rings is 2. The molecule has 0 amide bonds. The van der Waals surface area contributed by atoms with Crippen molar-refractivity contribution in [1.82, 2.24) is 0 Å². The van der Waals surface area contributed by atoms with Gasteiger partial charge in [-0.1, -0.05) is 24.3 Å². The first-order chi connectivity index (χ1) is 14.0. The molecule has 2 aromatic carbocycles. The third-order valence-electron chi connectivity index (χ3n) is 4.35. The van der Waals surface area contributed by atoms with Gasteiger partial charge in [0.15, 0.2) is 17.3 Å². The number of methoxy groups -OCH3 is 3. The van der Waals surface area contributed by atoms with Crippen LogP contribution >= 0.6 is 0 Å². The predicted molar refractivity (Wildman–Crippen MR) is 111 cm³/mol. The van der Waals surface area contributed by atoms with Gasteiger partial charge in [0, 0.05) is 5.69 Å². The number of nitrogens with one attached hydrogen (secondary N) is 1. The van der Waals surface area contributed by atoms with Crippen LogP contribution in [-0.4, -0.2) is 21.3 Å². The van der Waals surface area contributed by atoms with Crippen LogP contribution in [0.3, 0.4) is 0 Å². The fraction of sp³-hybridized carbons (Fsp3) is 0.227. The minimum atomic E-state index is -0.688. The molecule has 1 heterocycles. The summed E-state index contributed by atoms with van der Waals surface area (Å²) in [4.78, 5) is 11.1. The summed E-state index contributed by atoms with van der Waals surface area (Å²) in [6, 6.07) is 11.6. The number of aryl methyl sites for hydroxylation is 1. The number of rotatable bonds is 8. The van der Waals surface area contributed by atoms with Gasteiger partial charge in [-0.3, -0.25) is 0 Å². The molecule has 7 heteroatoms. The van der Waals surface area contributed by atoms with E-state index in [0.29, 0.717) is 35.3 Å². The highest BCUT2D eigenvalue weighted by atomic mass is 16.6. The highest BCUT2D eigenvalue weighted by Crippen LogP contribution is 2.38. The third kappa shape index (κ3) is 4.82. The van der Waals surface area contributed by atoms with Gasteiger partial charge in [0.05, 0.1) is 27.9 Å². The van der Waals surface area contributed by atoms with E-state index in [1.54, 1.807) is 28.3 Å². The van der Waals surface area contributed by atoms with E-state index in [9.17, 15) is 4.79 Å². The molecule has 0 unspecified atom stereocenters. The molecule has 0 saturated heterocycles. The molecule has 3 aromatic rings. The third-order valence-corrected chi connectivity index (χ3v) is 4.35. The lowest BCUT2D eigenvalue weighted by atomic mass is 10.1. The Morgan fingerprint density at radius 2 is 1.52 bits per heavy atom. The molecule has 0 radical (unpaired) electrons. The van der Waals surface area contributed by atoms with Crippen LogP contribution in [0.2, 0.25) is 0 Å². The van der Waals surface area contributed by atoms with E-state index in [4.69, 9.17) is 23.0 Å². The monoisotopic (exact) mass is 397 g/mol. The summed E-state index contributed by atoms with van der Waals surface area (Å²) in [7, 11) is 4.76. The number of hydrogen-bond donors (Lipinski definition) is 1. The molecule has 0 atom stereocenters. The minimum Gasteiger partial charge on any atom is -0.493 e. The van der Waals surface area contributed by atoms with Crippen LogP contribution < -0.4 is 25.3 Å². The second-order valence-electron chi connectivity index (χ2n) is 6.20. The molecule has 7 nitrogen and oxygen atoms in total. The lowest BCUT2D eigenvalue weighted by Gasteiger charge is -2.12. The van der Waals surface area contributed by atoms with Crippen LogP contribution in [0.5, 0.6) is 17.2 Å². The van der Waals surface area contributed by atoms with Crippen LogP contribution in [0.15, 0.2) is 50.0 Å². The first-order valence-corrected chi connectivity index (χ1v) is 8.95. The van der Waals surface area contributed by atoms with E-state index in [0.717, 1.165) is 16.8 Å². The smallest absolute Gasteiger partial charge is 0.493 e. The van der Waals surface area contributed by atoms with E-state index >= 15 is 0 Å². The maximum Gasteiger partial charge on any atom is 0.519 e. The molecule has 0 fully saturated rings. The van der Waals surface area contributed by atoms with Crippen molar-refractivity contribution in [3.05, 3.63) is 69.7 Å². The fourth-order valence-corrected chi connectivity index (χ4v) is 2.82. The summed E-state index contributed by atoms with van der Waals surface area (Å²) in [6.07, 6.45) is 3.96. The quantitative estimate of drug-likeness (QED) is 0.566. The minimum absolute atomic E-state index is 0.373. The Balaban J connectivity index is 1.70. The molecular formula is C22H23NO6. The summed E-state index contributed by atoms with van der Waals surface area (Å²) >= 11 is 0. The van der Waals surface area contributed by atoms with Crippen molar-refractivity contribution < 1.29 is 23.0 Å². The number of anilines is 1. The van der Waals surface area contributed by atoms with Crippen molar-refractivity contribution in [3.8, 4) is 17.2 Å². The van der Waals surface area contributed by atoms with Gasteiger partial charge in [0.25, 0.3) is 0 Å². The Bertz CT molecular complexity index is 1020. The van der Waals surface area contributed by atoms with Gasteiger partial charge < -0.3 is 28.4 Å². The number of ether oxygens (including phenoxy) is 3. The molecule has 0 aliphatic heterocycles. The van der Waals surface area contributed by atoms with Crippen LogP contribution in [0.25, 0.3) is 12.2 Å². The average Bonchev–Trinajstić information content (AvgIpc) is 3.07. The molecule has 0 aliphatic rings. The lowest BCUT2D eigenvalue weighted by Crippen LogP contribution is -1.99. The molecule has 3 rings (SSSR count). The molecular weight excluding hydrogens is 374 g/mol. The Kier molecular flexibility index (Phi) is 6.29. The Labute approximate surface area is 168 Å². The van der Waals surface area contributed by atoms with Crippen LogP contribution in [0.4, 0.5) is 5.69 Å². The van der Waals surface area contributed by atoms with Gasteiger partial charge in [-0.05, 0) is 42.3 Å². The van der Waals surface area contributed by atoms with E-state index in [1.807, 2.05) is 48.6 Å². The standard InChI is InChI=1S/C22H23NO6/c1-14-20(29-22(24)28-14)13-23-17-9-7-15(8-10-17)5-6-16-11-18(25-2)21(27-4)19(12-16)26-3/h5-12,23H,13H2,1-4H3/b6-5+. The Morgan fingerprint density at radius 1 is 0.897 bits per heavy atom. The summed E-state index contributed by atoms with van der Waals surface area (Å²) in [6.45, 7) is 2.07. The molecule has 0 aliphatic carbocycles. The normalized spacial score (nSPS) is 10.9. The molecule has 1 aromatic heterocycles. The first kappa shape index (κ1) is 20.1. The van der Waals surface area contributed by atoms with E-state index in [2.05, 4.69) is 5.32 Å². The van der Waals surface area contributed by atoms with E-state index in [-0.39, 0.29) is 0 Å². The van der Waals surface area contributed by atoms with Gasteiger partial charge in [-0.2, -0.15) is 0 Å². The van der Waals surface area contributed by atoms with Crippen molar-refractivity contribution in [2.24, 2.45) is 0 Å². The van der Waals surface area contributed by atoms with E-state index < -0.39 is 5.82 Å². The zero-order chi connectivity index (χ0) is 20.8. The zero-order valence-corrected chi connectivity index (χ0v) is 16.8. The topological polar surface area (TPSA) is 83.1 Å². The summed E-state index contributed by atoms with van der Waals surface area (Å²) in [5.41, 5.74) is 2.85. The van der Waals surface area contributed by atoms with Crippen molar-refractivity contribution >= 4 is 17.8 Å². The second-order valence-corrected chi connectivity index (χ2v) is 6.20. The fourth-order valence-electron chi connectivity index (χ4n) is 2.82. The number of hydrogen-bond acceptors (Lipinski definition) is 7. The van der Waals surface area contributed by atoms with Crippen molar-refractivity contribution in [3.63, 3.8) is 0 Å². The largest absolute Gasteiger partial charge is 0.519 e. The molecule has 0 spiro atoms.